The summed E-state index contributed by atoms with van der Waals surface area (Å²) in [4.78, 5) is 0. The summed E-state index contributed by atoms with van der Waals surface area (Å²) in [6.45, 7) is 1.00. The fourth-order valence-corrected chi connectivity index (χ4v) is 1.29. The van der Waals surface area contributed by atoms with Gasteiger partial charge in [0.15, 0.2) is 6.29 Å². The molecular weight excluding hydrogens is 172 g/mol. The SMILES string of the molecule is OCCC(O)CO[C@H]1CCCCO1. The molecule has 4 nitrogen and oxygen atoms in total. The first-order valence-corrected chi connectivity index (χ1v) is 4.85. The first-order chi connectivity index (χ1) is 6.33. The van der Waals surface area contributed by atoms with E-state index in [0.717, 1.165) is 25.9 Å². The van der Waals surface area contributed by atoms with Gasteiger partial charge in [0.25, 0.3) is 0 Å². The standard InChI is InChI=1S/C9H18O4/c10-5-4-8(11)7-13-9-3-1-2-6-12-9/h8-11H,1-7H2/t8?,9-/m0/s1. The van der Waals surface area contributed by atoms with Gasteiger partial charge in [0.2, 0.25) is 0 Å². The highest BCUT2D eigenvalue weighted by Gasteiger charge is 2.15. The van der Waals surface area contributed by atoms with Crippen molar-refractivity contribution in [1.82, 2.24) is 0 Å². The zero-order chi connectivity index (χ0) is 9.52. The van der Waals surface area contributed by atoms with E-state index in [1.807, 2.05) is 0 Å². The number of rotatable bonds is 5. The van der Waals surface area contributed by atoms with Crippen molar-refractivity contribution in [1.29, 1.82) is 0 Å². The molecule has 0 amide bonds. The fourth-order valence-electron chi connectivity index (χ4n) is 1.29. The molecule has 1 aliphatic heterocycles. The van der Waals surface area contributed by atoms with E-state index in [1.165, 1.54) is 0 Å². The molecule has 2 atom stereocenters. The van der Waals surface area contributed by atoms with Crippen molar-refractivity contribution in [3.05, 3.63) is 0 Å². The molecule has 1 fully saturated rings. The number of hydrogen-bond acceptors (Lipinski definition) is 4. The van der Waals surface area contributed by atoms with Gasteiger partial charge >= 0.3 is 0 Å². The van der Waals surface area contributed by atoms with Gasteiger partial charge in [-0.3, -0.25) is 0 Å². The Kier molecular flexibility index (Phi) is 5.31. The fraction of sp³-hybridized carbons (Fsp3) is 1.00. The molecule has 0 spiro atoms. The van der Waals surface area contributed by atoms with Gasteiger partial charge in [-0.25, -0.2) is 0 Å². The van der Waals surface area contributed by atoms with Crippen molar-refractivity contribution in [2.45, 2.75) is 38.1 Å². The van der Waals surface area contributed by atoms with Crippen molar-refractivity contribution >= 4 is 0 Å². The monoisotopic (exact) mass is 190 g/mol. The molecule has 0 bridgehead atoms. The number of aliphatic hydroxyl groups excluding tert-OH is 2. The smallest absolute Gasteiger partial charge is 0.157 e. The van der Waals surface area contributed by atoms with E-state index in [9.17, 15) is 5.11 Å². The van der Waals surface area contributed by atoms with Crippen LogP contribution in [0.25, 0.3) is 0 Å². The maximum absolute atomic E-state index is 9.24. The normalized spacial score (nSPS) is 25.8. The third kappa shape index (κ3) is 4.57. The highest BCUT2D eigenvalue weighted by atomic mass is 16.7. The molecule has 0 aromatic heterocycles. The lowest BCUT2D eigenvalue weighted by Gasteiger charge is -2.23. The van der Waals surface area contributed by atoms with Crippen LogP contribution >= 0.6 is 0 Å². The van der Waals surface area contributed by atoms with E-state index >= 15 is 0 Å². The molecule has 0 aromatic rings. The van der Waals surface area contributed by atoms with E-state index < -0.39 is 6.10 Å². The molecule has 2 N–H and O–H groups in total. The second-order valence-corrected chi connectivity index (χ2v) is 3.30. The summed E-state index contributed by atoms with van der Waals surface area (Å²) in [5.41, 5.74) is 0. The maximum atomic E-state index is 9.24. The van der Waals surface area contributed by atoms with Crippen LogP contribution in [0, 0.1) is 0 Å². The van der Waals surface area contributed by atoms with Gasteiger partial charge in [-0.05, 0) is 25.7 Å². The molecular formula is C9H18O4. The summed E-state index contributed by atoms with van der Waals surface area (Å²) in [6, 6.07) is 0. The van der Waals surface area contributed by atoms with Gasteiger partial charge in [-0.15, -0.1) is 0 Å². The Bertz CT molecular complexity index is 123. The van der Waals surface area contributed by atoms with Crippen LogP contribution in [-0.4, -0.2) is 42.4 Å². The van der Waals surface area contributed by atoms with E-state index in [2.05, 4.69) is 0 Å². The third-order valence-electron chi connectivity index (χ3n) is 2.07. The van der Waals surface area contributed by atoms with E-state index in [-0.39, 0.29) is 19.5 Å². The Balaban J connectivity index is 2.03. The second kappa shape index (κ2) is 6.32. The summed E-state index contributed by atoms with van der Waals surface area (Å²) in [6.07, 6.45) is 2.77. The first-order valence-electron chi connectivity index (χ1n) is 4.85. The summed E-state index contributed by atoms with van der Waals surface area (Å²) in [5, 5.41) is 17.8. The molecule has 78 valence electrons. The minimum Gasteiger partial charge on any atom is -0.396 e. The summed E-state index contributed by atoms with van der Waals surface area (Å²) in [7, 11) is 0. The Labute approximate surface area is 78.5 Å². The van der Waals surface area contributed by atoms with Gasteiger partial charge in [0.05, 0.1) is 12.7 Å². The highest BCUT2D eigenvalue weighted by molar-refractivity contribution is 4.57. The van der Waals surface area contributed by atoms with Crippen LogP contribution in [0.5, 0.6) is 0 Å². The molecule has 1 heterocycles. The van der Waals surface area contributed by atoms with Gasteiger partial charge in [-0.1, -0.05) is 0 Å². The minimum absolute atomic E-state index is 0.00392. The van der Waals surface area contributed by atoms with Crippen molar-refractivity contribution < 1.29 is 19.7 Å². The highest BCUT2D eigenvalue weighted by Crippen LogP contribution is 2.13. The van der Waals surface area contributed by atoms with Crippen LogP contribution in [-0.2, 0) is 9.47 Å². The molecule has 4 heteroatoms. The van der Waals surface area contributed by atoms with E-state index in [0.29, 0.717) is 6.42 Å². The molecule has 0 radical (unpaired) electrons. The van der Waals surface area contributed by atoms with Crippen molar-refractivity contribution in [2.24, 2.45) is 0 Å². The van der Waals surface area contributed by atoms with Crippen molar-refractivity contribution in [3.8, 4) is 0 Å². The first kappa shape index (κ1) is 10.9. The molecule has 1 aliphatic rings. The molecule has 13 heavy (non-hydrogen) atoms. The lowest BCUT2D eigenvalue weighted by molar-refractivity contribution is -0.176. The predicted molar refractivity (Wildman–Crippen MR) is 47.3 cm³/mol. The zero-order valence-corrected chi connectivity index (χ0v) is 7.82. The lowest BCUT2D eigenvalue weighted by atomic mass is 10.2. The van der Waals surface area contributed by atoms with Gasteiger partial charge in [0.1, 0.15) is 0 Å². The Morgan fingerprint density at radius 2 is 2.31 bits per heavy atom. The number of aliphatic hydroxyl groups is 2. The Morgan fingerprint density at radius 3 is 2.92 bits per heavy atom. The molecule has 0 saturated carbocycles. The van der Waals surface area contributed by atoms with Crippen LogP contribution in [0.1, 0.15) is 25.7 Å². The van der Waals surface area contributed by atoms with Gasteiger partial charge in [-0.2, -0.15) is 0 Å². The average molecular weight is 190 g/mol. The largest absolute Gasteiger partial charge is 0.396 e. The third-order valence-corrected chi connectivity index (χ3v) is 2.07. The summed E-state index contributed by atoms with van der Waals surface area (Å²) < 4.78 is 10.6. The lowest BCUT2D eigenvalue weighted by Crippen LogP contribution is -2.27. The molecule has 1 rings (SSSR count). The summed E-state index contributed by atoms with van der Waals surface area (Å²) >= 11 is 0. The summed E-state index contributed by atoms with van der Waals surface area (Å²) in [5.74, 6) is 0. The molecule has 1 saturated heterocycles. The van der Waals surface area contributed by atoms with Crippen LogP contribution in [0.2, 0.25) is 0 Å². The van der Waals surface area contributed by atoms with Crippen molar-refractivity contribution in [2.75, 3.05) is 19.8 Å². The van der Waals surface area contributed by atoms with Crippen LogP contribution < -0.4 is 0 Å². The van der Waals surface area contributed by atoms with Gasteiger partial charge < -0.3 is 19.7 Å². The van der Waals surface area contributed by atoms with Crippen molar-refractivity contribution in [3.63, 3.8) is 0 Å². The van der Waals surface area contributed by atoms with Gasteiger partial charge in [0, 0.05) is 13.2 Å². The van der Waals surface area contributed by atoms with E-state index in [4.69, 9.17) is 14.6 Å². The van der Waals surface area contributed by atoms with Crippen LogP contribution in [0.4, 0.5) is 0 Å². The van der Waals surface area contributed by atoms with Crippen LogP contribution in [0.15, 0.2) is 0 Å². The Hall–Kier alpha value is -0.160. The van der Waals surface area contributed by atoms with E-state index in [1.54, 1.807) is 0 Å². The molecule has 0 aromatic carbocycles. The predicted octanol–water partition coefficient (Wildman–Crippen LogP) is 0.273. The molecule has 0 aliphatic carbocycles. The zero-order valence-electron chi connectivity index (χ0n) is 7.82. The number of ether oxygens (including phenoxy) is 2. The molecule has 1 unspecified atom stereocenters. The number of hydrogen-bond donors (Lipinski definition) is 2. The maximum Gasteiger partial charge on any atom is 0.157 e. The topological polar surface area (TPSA) is 58.9 Å². The quantitative estimate of drug-likeness (QED) is 0.653. The van der Waals surface area contributed by atoms with Crippen LogP contribution in [0.3, 0.4) is 0 Å². The minimum atomic E-state index is -0.574. The Morgan fingerprint density at radius 1 is 1.46 bits per heavy atom. The second-order valence-electron chi connectivity index (χ2n) is 3.30. The average Bonchev–Trinajstić information content (AvgIpc) is 2.17.